The topological polar surface area (TPSA) is 45.8 Å². The highest BCUT2D eigenvalue weighted by atomic mass is 32.1. The van der Waals surface area contributed by atoms with Crippen molar-refractivity contribution in [1.82, 2.24) is 9.97 Å². The summed E-state index contributed by atoms with van der Waals surface area (Å²) in [7, 11) is 0. The molecule has 0 unspecified atom stereocenters. The third-order valence-corrected chi connectivity index (χ3v) is 3.92. The third kappa shape index (κ3) is 2.40. The molecule has 0 aliphatic rings. The minimum Gasteiger partial charge on any atom is -0.306 e. The molecule has 0 fully saturated rings. The van der Waals surface area contributed by atoms with Gasteiger partial charge in [0.05, 0.1) is 5.39 Å². The van der Waals surface area contributed by atoms with E-state index < -0.39 is 0 Å². The number of aromatic amines is 1. The first kappa shape index (κ1) is 12.7. The van der Waals surface area contributed by atoms with E-state index in [-0.39, 0.29) is 11.4 Å². The van der Waals surface area contributed by atoms with E-state index in [9.17, 15) is 9.18 Å². The van der Waals surface area contributed by atoms with Gasteiger partial charge in [0.15, 0.2) is 0 Å². The molecule has 2 heterocycles. The van der Waals surface area contributed by atoms with Gasteiger partial charge >= 0.3 is 0 Å². The highest BCUT2D eigenvalue weighted by Crippen LogP contribution is 2.20. The monoisotopic (exact) mass is 286 g/mol. The summed E-state index contributed by atoms with van der Waals surface area (Å²) < 4.78 is 13.1. The zero-order valence-electron chi connectivity index (χ0n) is 10.7. The zero-order valence-corrected chi connectivity index (χ0v) is 11.5. The van der Waals surface area contributed by atoms with Crippen LogP contribution in [0.4, 0.5) is 4.39 Å². The summed E-state index contributed by atoms with van der Waals surface area (Å²) in [6.07, 6.45) is 3.39. The second-order valence-corrected chi connectivity index (χ2v) is 5.30. The van der Waals surface area contributed by atoms with Crippen LogP contribution in [-0.4, -0.2) is 9.97 Å². The average Bonchev–Trinajstić information content (AvgIpc) is 2.79. The molecule has 0 radical (unpaired) electrons. The van der Waals surface area contributed by atoms with Crippen LogP contribution in [0, 0.1) is 12.7 Å². The Morgan fingerprint density at radius 3 is 3.00 bits per heavy atom. The molecule has 3 aromatic rings. The van der Waals surface area contributed by atoms with E-state index >= 15 is 0 Å². The predicted molar refractivity (Wildman–Crippen MR) is 80.3 cm³/mol. The standard InChI is InChI=1S/C15H11FN2OS/c1-9-8-20-15-13(9)14(19)17-12(18-15)6-5-10-3-2-4-11(16)7-10/h2-8H,1H3,(H,17,18,19)/b6-5+. The average molecular weight is 286 g/mol. The second kappa shape index (κ2) is 5.02. The number of nitrogens with one attached hydrogen (secondary N) is 1. The van der Waals surface area contributed by atoms with Crippen molar-refractivity contribution in [3.8, 4) is 0 Å². The number of aryl methyl sites for hydroxylation is 1. The molecule has 3 nitrogen and oxygen atoms in total. The fourth-order valence-electron chi connectivity index (χ4n) is 1.97. The van der Waals surface area contributed by atoms with Crippen LogP contribution in [0.1, 0.15) is 17.0 Å². The van der Waals surface area contributed by atoms with Gasteiger partial charge in [-0.25, -0.2) is 9.37 Å². The van der Waals surface area contributed by atoms with Crippen molar-refractivity contribution in [2.24, 2.45) is 0 Å². The lowest BCUT2D eigenvalue weighted by Crippen LogP contribution is -2.08. The largest absolute Gasteiger partial charge is 0.306 e. The number of fused-ring (bicyclic) bond motifs is 1. The maximum atomic E-state index is 13.1. The van der Waals surface area contributed by atoms with Crippen molar-refractivity contribution >= 4 is 33.7 Å². The SMILES string of the molecule is Cc1csc2nc(/C=C/c3cccc(F)c3)[nH]c(=O)c12. The summed E-state index contributed by atoms with van der Waals surface area (Å²) in [4.78, 5) is 19.8. The number of nitrogens with zero attached hydrogens (tertiary/aromatic N) is 1. The van der Waals surface area contributed by atoms with Gasteiger partial charge in [0.25, 0.3) is 5.56 Å². The maximum absolute atomic E-state index is 13.1. The summed E-state index contributed by atoms with van der Waals surface area (Å²) in [5.74, 6) is 0.173. The molecule has 100 valence electrons. The minimum absolute atomic E-state index is 0.146. The minimum atomic E-state index is -0.294. The number of thiophene rings is 1. The molecule has 1 aromatic carbocycles. The molecular weight excluding hydrogens is 275 g/mol. The molecule has 0 atom stereocenters. The highest BCUT2D eigenvalue weighted by molar-refractivity contribution is 7.16. The summed E-state index contributed by atoms with van der Waals surface area (Å²) in [5.41, 5.74) is 1.50. The molecule has 3 rings (SSSR count). The number of halogens is 1. The Balaban J connectivity index is 2.01. The summed E-state index contributed by atoms with van der Waals surface area (Å²) in [6.45, 7) is 1.89. The Bertz CT molecular complexity index is 864. The van der Waals surface area contributed by atoms with Gasteiger partial charge in [0.2, 0.25) is 0 Å². The third-order valence-electron chi connectivity index (χ3n) is 2.93. The van der Waals surface area contributed by atoms with Crippen LogP contribution in [0.5, 0.6) is 0 Å². The van der Waals surface area contributed by atoms with Crippen LogP contribution in [0.25, 0.3) is 22.4 Å². The zero-order chi connectivity index (χ0) is 14.1. The maximum Gasteiger partial charge on any atom is 0.260 e. The lowest BCUT2D eigenvalue weighted by Gasteiger charge is -1.96. The van der Waals surface area contributed by atoms with Crippen LogP contribution in [-0.2, 0) is 0 Å². The van der Waals surface area contributed by atoms with E-state index in [1.165, 1.54) is 23.5 Å². The van der Waals surface area contributed by atoms with Gasteiger partial charge in [-0.2, -0.15) is 0 Å². The van der Waals surface area contributed by atoms with Gasteiger partial charge in [0.1, 0.15) is 16.5 Å². The Morgan fingerprint density at radius 1 is 1.35 bits per heavy atom. The Kier molecular flexibility index (Phi) is 3.20. The van der Waals surface area contributed by atoms with E-state index in [0.29, 0.717) is 16.0 Å². The predicted octanol–water partition coefficient (Wildman–Crippen LogP) is 3.60. The van der Waals surface area contributed by atoms with Gasteiger partial charge in [-0.1, -0.05) is 18.2 Å². The number of hydrogen-bond acceptors (Lipinski definition) is 3. The van der Waals surface area contributed by atoms with E-state index in [4.69, 9.17) is 0 Å². The number of rotatable bonds is 2. The van der Waals surface area contributed by atoms with Gasteiger partial charge in [-0.15, -0.1) is 11.3 Å². The molecule has 0 spiro atoms. The molecule has 0 saturated carbocycles. The number of hydrogen-bond donors (Lipinski definition) is 1. The number of H-pyrrole nitrogens is 1. The van der Waals surface area contributed by atoms with Crippen LogP contribution in [0.2, 0.25) is 0 Å². The quantitative estimate of drug-likeness (QED) is 0.782. The summed E-state index contributed by atoms with van der Waals surface area (Å²) in [6, 6.07) is 6.23. The van der Waals surface area contributed by atoms with Crippen LogP contribution >= 0.6 is 11.3 Å². The van der Waals surface area contributed by atoms with E-state index in [0.717, 1.165) is 11.1 Å². The summed E-state index contributed by atoms with van der Waals surface area (Å²) in [5, 5.41) is 2.55. The molecule has 20 heavy (non-hydrogen) atoms. The second-order valence-electron chi connectivity index (χ2n) is 4.44. The van der Waals surface area contributed by atoms with Gasteiger partial charge in [-0.3, -0.25) is 4.79 Å². The van der Waals surface area contributed by atoms with Gasteiger partial charge in [0, 0.05) is 0 Å². The van der Waals surface area contributed by atoms with Gasteiger partial charge < -0.3 is 4.98 Å². The van der Waals surface area contributed by atoms with E-state index in [1.54, 1.807) is 24.3 Å². The van der Waals surface area contributed by atoms with Crippen LogP contribution in [0.15, 0.2) is 34.4 Å². The Labute approximate surface area is 118 Å². The molecule has 0 bridgehead atoms. The normalized spacial score (nSPS) is 11.5. The molecule has 1 N–H and O–H groups in total. The van der Waals surface area contributed by atoms with Crippen LogP contribution < -0.4 is 5.56 Å². The molecule has 0 aliphatic carbocycles. The highest BCUT2D eigenvalue weighted by Gasteiger charge is 2.06. The summed E-state index contributed by atoms with van der Waals surface area (Å²) >= 11 is 1.44. The first-order valence-corrected chi connectivity index (χ1v) is 6.93. The Hall–Kier alpha value is -2.27. The van der Waals surface area contributed by atoms with Crippen molar-refractivity contribution in [3.63, 3.8) is 0 Å². The molecular formula is C15H11FN2OS. The first-order valence-electron chi connectivity index (χ1n) is 6.05. The van der Waals surface area contributed by atoms with E-state index in [1.807, 2.05) is 12.3 Å². The van der Waals surface area contributed by atoms with E-state index in [2.05, 4.69) is 9.97 Å². The smallest absolute Gasteiger partial charge is 0.260 e. The fourth-order valence-corrected chi connectivity index (χ4v) is 2.90. The van der Waals surface area contributed by atoms with Crippen molar-refractivity contribution in [2.75, 3.05) is 0 Å². The molecule has 0 saturated heterocycles. The fraction of sp³-hybridized carbons (Fsp3) is 0.0667. The molecule has 0 aliphatic heterocycles. The van der Waals surface area contributed by atoms with Crippen LogP contribution in [0.3, 0.4) is 0 Å². The lowest BCUT2D eigenvalue weighted by molar-refractivity contribution is 0.627. The van der Waals surface area contributed by atoms with Gasteiger partial charge in [-0.05, 0) is 41.6 Å². The van der Waals surface area contributed by atoms with Crippen molar-refractivity contribution in [1.29, 1.82) is 0 Å². The van der Waals surface area contributed by atoms with Crippen molar-refractivity contribution < 1.29 is 4.39 Å². The Morgan fingerprint density at radius 2 is 2.20 bits per heavy atom. The van der Waals surface area contributed by atoms with Crippen molar-refractivity contribution in [2.45, 2.75) is 6.92 Å². The number of benzene rings is 1. The number of aromatic nitrogens is 2. The van der Waals surface area contributed by atoms with Crippen molar-refractivity contribution in [3.05, 3.63) is 62.8 Å². The molecule has 5 heteroatoms. The molecule has 0 amide bonds. The lowest BCUT2D eigenvalue weighted by atomic mass is 10.2. The molecule has 2 aromatic heterocycles. The first-order chi connectivity index (χ1) is 9.63.